The molecule has 0 aromatic heterocycles. The van der Waals surface area contributed by atoms with Crippen LogP contribution in [0, 0.1) is 0 Å². The van der Waals surface area contributed by atoms with Gasteiger partial charge in [-0.2, -0.15) is 0 Å². The van der Waals surface area contributed by atoms with Gasteiger partial charge >= 0.3 is 19.8 Å². The maximum atomic E-state index is 12.7. The van der Waals surface area contributed by atoms with E-state index in [2.05, 4.69) is 98.9 Å². The Bertz CT molecular complexity index is 1440. The Morgan fingerprint density at radius 1 is 0.437 bits per heavy atom. The summed E-state index contributed by atoms with van der Waals surface area (Å²) in [7, 11) is -4.39. The average molecular weight is 1010 g/mol. The minimum absolute atomic E-state index is 0.0507. The molecule has 0 aliphatic rings. The highest BCUT2D eigenvalue weighted by atomic mass is 31.2. The second kappa shape index (κ2) is 56.5. The molecule has 0 aliphatic carbocycles. The van der Waals surface area contributed by atoms with Gasteiger partial charge in [0.05, 0.1) is 13.2 Å². The van der Waals surface area contributed by atoms with Gasteiger partial charge in [0.25, 0.3) is 0 Å². The fraction of sp³-hybridized carbons (Fsp3) is 0.738. The van der Waals surface area contributed by atoms with Gasteiger partial charge in [-0.1, -0.05) is 240 Å². The van der Waals surface area contributed by atoms with E-state index in [0.29, 0.717) is 6.42 Å². The van der Waals surface area contributed by atoms with E-state index in [0.717, 1.165) is 89.9 Å². The number of nitrogens with two attached hydrogens (primary N) is 1. The lowest BCUT2D eigenvalue weighted by atomic mass is 10.0. The number of rotatable bonds is 54. The quantitative estimate of drug-likeness (QED) is 0.0264. The zero-order valence-electron chi connectivity index (χ0n) is 45.7. The Labute approximate surface area is 436 Å². The zero-order valence-corrected chi connectivity index (χ0v) is 46.6. The van der Waals surface area contributed by atoms with E-state index in [1.165, 1.54) is 135 Å². The van der Waals surface area contributed by atoms with Crippen LogP contribution < -0.4 is 5.73 Å². The lowest BCUT2D eigenvalue weighted by Crippen LogP contribution is -2.29. The summed E-state index contributed by atoms with van der Waals surface area (Å²) < 4.78 is 33.0. The van der Waals surface area contributed by atoms with E-state index in [1.54, 1.807) is 0 Å². The molecule has 0 spiro atoms. The molecule has 9 nitrogen and oxygen atoms in total. The van der Waals surface area contributed by atoms with Crippen molar-refractivity contribution in [1.82, 2.24) is 0 Å². The molecule has 10 heteroatoms. The molecule has 0 bridgehead atoms. The van der Waals surface area contributed by atoms with Crippen LogP contribution in [-0.4, -0.2) is 49.3 Å². The van der Waals surface area contributed by atoms with Crippen molar-refractivity contribution in [1.29, 1.82) is 0 Å². The monoisotopic (exact) mass is 1010 g/mol. The van der Waals surface area contributed by atoms with Gasteiger partial charge in [-0.3, -0.25) is 18.6 Å². The Balaban J connectivity index is 3.94. The summed E-state index contributed by atoms with van der Waals surface area (Å²) in [4.78, 5) is 35.2. The highest BCUT2D eigenvalue weighted by Gasteiger charge is 2.26. The van der Waals surface area contributed by atoms with E-state index >= 15 is 0 Å². The van der Waals surface area contributed by atoms with Crippen LogP contribution in [0.4, 0.5) is 0 Å². The summed E-state index contributed by atoms with van der Waals surface area (Å²) in [5.74, 6) is -0.830. The van der Waals surface area contributed by atoms with E-state index in [-0.39, 0.29) is 38.6 Å². The third kappa shape index (κ3) is 56.3. The number of ether oxygens (including phenoxy) is 2. The van der Waals surface area contributed by atoms with Gasteiger partial charge in [0.1, 0.15) is 6.61 Å². The zero-order chi connectivity index (χ0) is 51.7. The van der Waals surface area contributed by atoms with Gasteiger partial charge in [0.15, 0.2) is 6.10 Å². The topological polar surface area (TPSA) is 134 Å². The fourth-order valence-electron chi connectivity index (χ4n) is 7.99. The van der Waals surface area contributed by atoms with Crippen LogP contribution >= 0.6 is 7.82 Å². The minimum Gasteiger partial charge on any atom is -0.462 e. The first kappa shape index (κ1) is 68.2. The maximum Gasteiger partial charge on any atom is 0.472 e. The fourth-order valence-corrected chi connectivity index (χ4v) is 8.75. The maximum absolute atomic E-state index is 12.7. The first-order valence-electron chi connectivity index (χ1n) is 29.1. The molecule has 0 saturated carbocycles. The van der Waals surface area contributed by atoms with Crippen molar-refractivity contribution in [2.45, 2.75) is 264 Å². The number of phosphoric acid groups is 1. The summed E-state index contributed by atoms with van der Waals surface area (Å²) >= 11 is 0. The second-order valence-electron chi connectivity index (χ2n) is 19.1. The number of carbonyl (C=O) groups is 2. The second-order valence-corrected chi connectivity index (χ2v) is 20.6. The molecule has 2 unspecified atom stereocenters. The molecule has 71 heavy (non-hydrogen) atoms. The van der Waals surface area contributed by atoms with Crippen molar-refractivity contribution in [2.24, 2.45) is 5.73 Å². The van der Waals surface area contributed by atoms with Crippen LogP contribution in [0.3, 0.4) is 0 Å². The summed E-state index contributed by atoms with van der Waals surface area (Å²) in [6.45, 7) is 3.63. The number of unbranched alkanes of at least 4 members (excludes halogenated alkanes) is 27. The SMILES string of the molecule is CC/C=C\C/C=C\C/C=C\C/C=C\C/C=C\C/C=C\CCCCCCCCCCCCCCCCC(=O)OC(COC(=O)CCCCCCCCC/C=C\CCCCCCCC)COP(=O)(O)OCCN. The largest absolute Gasteiger partial charge is 0.472 e. The van der Waals surface area contributed by atoms with E-state index in [1.807, 2.05) is 0 Å². The summed E-state index contributed by atoms with van der Waals surface area (Å²) in [6.07, 6.45) is 73.5. The van der Waals surface area contributed by atoms with Crippen LogP contribution in [-0.2, 0) is 32.7 Å². The molecule has 0 aromatic carbocycles. The first-order chi connectivity index (χ1) is 34.8. The third-order valence-corrected chi connectivity index (χ3v) is 13.2. The average Bonchev–Trinajstić information content (AvgIpc) is 3.36. The predicted molar refractivity (Wildman–Crippen MR) is 302 cm³/mol. The Morgan fingerprint density at radius 3 is 1.17 bits per heavy atom. The molecule has 410 valence electrons. The molecule has 0 aromatic rings. The van der Waals surface area contributed by atoms with Gasteiger partial charge in [-0.05, 0) is 89.9 Å². The van der Waals surface area contributed by atoms with E-state index in [4.69, 9.17) is 24.3 Å². The number of esters is 2. The highest BCUT2D eigenvalue weighted by Crippen LogP contribution is 2.43. The van der Waals surface area contributed by atoms with Crippen molar-refractivity contribution in [3.05, 3.63) is 85.1 Å². The minimum atomic E-state index is -4.39. The lowest BCUT2D eigenvalue weighted by molar-refractivity contribution is -0.161. The Morgan fingerprint density at radius 2 is 0.775 bits per heavy atom. The number of phosphoric ester groups is 1. The van der Waals surface area contributed by atoms with Crippen LogP contribution in [0.25, 0.3) is 0 Å². The van der Waals surface area contributed by atoms with Crippen LogP contribution in [0.2, 0.25) is 0 Å². The molecular weight excluding hydrogens is 906 g/mol. The highest BCUT2D eigenvalue weighted by molar-refractivity contribution is 7.47. The number of hydrogen-bond donors (Lipinski definition) is 2. The van der Waals surface area contributed by atoms with Gasteiger partial charge in [-0.15, -0.1) is 0 Å². The van der Waals surface area contributed by atoms with E-state index < -0.39 is 26.5 Å². The molecular formula is C61H108NO8P. The van der Waals surface area contributed by atoms with Crippen LogP contribution in [0.5, 0.6) is 0 Å². The van der Waals surface area contributed by atoms with Gasteiger partial charge in [0, 0.05) is 19.4 Å². The molecule has 0 radical (unpaired) electrons. The van der Waals surface area contributed by atoms with Crippen molar-refractivity contribution < 1.29 is 37.6 Å². The lowest BCUT2D eigenvalue weighted by Gasteiger charge is -2.19. The smallest absolute Gasteiger partial charge is 0.462 e. The van der Waals surface area contributed by atoms with Gasteiger partial charge < -0.3 is 20.1 Å². The number of allylic oxidation sites excluding steroid dienone is 14. The molecule has 0 rings (SSSR count). The van der Waals surface area contributed by atoms with Crippen molar-refractivity contribution in [2.75, 3.05) is 26.4 Å². The van der Waals surface area contributed by atoms with Crippen LogP contribution in [0.1, 0.15) is 258 Å². The molecule has 0 amide bonds. The Hall–Kier alpha value is -2.81. The van der Waals surface area contributed by atoms with Crippen LogP contribution in [0.15, 0.2) is 85.1 Å². The summed E-state index contributed by atoms with van der Waals surface area (Å²) in [5.41, 5.74) is 5.38. The molecule has 0 heterocycles. The first-order valence-corrected chi connectivity index (χ1v) is 30.6. The van der Waals surface area contributed by atoms with Gasteiger partial charge in [-0.25, -0.2) is 4.57 Å². The molecule has 0 fully saturated rings. The molecule has 0 aliphatic heterocycles. The third-order valence-electron chi connectivity index (χ3n) is 12.3. The molecule has 2 atom stereocenters. The molecule has 0 saturated heterocycles. The standard InChI is InChI=1S/C61H108NO8P/c1-3-5-7-9-11-13-15-17-19-21-22-23-24-25-26-27-28-29-30-31-32-33-34-35-36-38-40-42-44-46-48-50-52-54-61(64)70-59(58-69-71(65,66)68-56-55-62)57-67-60(63)53-51-49-47-45-43-41-39-37-20-18-16-14-12-10-8-6-4-2/h5,7,11,13,17-20,22-23,25-26,28-29,59H,3-4,6,8-10,12,14-16,21,24,27,30-58,62H2,1-2H3,(H,65,66)/b7-5-,13-11-,19-17-,20-18-,23-22-,26-25-,29-28-. The Kier molecular flexibility index (Phi) is 54.2. The van der Waals surface area contributed by atoms with Crippen molar-refractivity contribution in [3.63, 3.8) is 0 Å². The number of carbonyl (C=O) groups excluding carboxylic acids is 2. The predicted octanol–water partition coefficient (Wildman–Crippen LogP) is 18.3. The number of hydrogen-bond acceptors (Lipinski definition) is 8. The van der Waals surface area contributed by atoms with E-state index in [9.17, 15) is 19.0 Å². The van der Waals surface area contributed by atoms with Crippen molar-refractivity contribution >= 4 is 19.8 Å². The summed E-state index contributed by atoms with van der Waals surface area (Å²) in [5, 5.41) is 0. The normalized spacial score (nSPS) is 13.7. The summed E-state index contributed by atoms with van der Waals surface area (Å²) in [6, 6.07) is 0. The molecule has 3 N–H and O–H groups in total. The van der Waals surface area contributed by atoms with Crippen molar-refractivity contribution in [3.8, 4) is 0 Å². The van der Waals surface area contributed by atoms with Gasteiger partial charge in [0.2, 0.25) is 0 Å².